The van der Waals surface area contributed by atoms with Gasteiger partial charge in [-0.3, -0.25) is 0 Å². The topological polar surface area (TPSA) is 70.5 Å². The van der Waals surface area contributed by atoms with E-state index in [2.05, 4.69) is 4.98 Å². The van der Waals surface area contributed by atoms with Crippen LogP contribution in [0.2, 0.25) is 5.15 Å². The van der Waals surface area contributed by atoms with E-state index in [9.17, 15) is 13.5 Å². The molecule has 1 saturated carbocycles. The summed E-state index contributed by atoms with van der Waals surface area (Å²) in [6.45, 7) is 0.416. The molecule has 2 rings (SSSR count). The maximum atomic E-state index is 12.2. The molecule has 1 aliphatic carbocycles. The van der Waals surface area contributed by atoms with Crippen molar-refractivity contribution in [2.45, 2.75) is 23.8 Å². The summed E-state index contributed by atoms with van der Waals surface area (Å²) in [5.41, 5.74) is 0. The lowest BCUT2D eigenvalue weighted by molar-refractivity contribution is 0.0367. The predicted octanol–water partition coefficient (Wildman–Crippen LogP) is 1.13. The van der Waals surface area contributed by atoms with Crippen molar-refractivity contribution in [3.8, 4) is 0 Å². The van der Waals surface area contributed by atoms with Gasteiger partial charge in [-0.2, -0.15) is 0 Å². The van der Waals surface area contributed by atoms with Crippen molar-refractivity contribution in [1.29, 1.82) is 0 Å². The van der Waals surface area contributed by atoms with Crippen LogP contribution in [0.4, 0.5) is 0 Å². The number of sulfonamides is 1. The Labute approximate surface area is 111 Å². The van der Waals surface area contributed by atoms with Gasteiger partial charge in [0.1, 0.15) is 5.15 Å². The fraction of sp³-hybridized carbons (Fsp3) is 0.545. The standard InChI is InChI=1S/C11H15ClN2O3S/c1-14(7-8-4-9(15)5-8)18(16,17)10-2-3-13-11(12)6-10/h2-3,6,8-9,15H,4-5,7H2,1H3. The Morgan fingerprint density at radius 2 is 2.22 bits per heavy atom. The van der Waals surface area contributed by atoms with Gasteiger partial charge in [-0.15, -0.1) is 0 Å². The second kappa shape index (κ2) is 5.13. The van der Waals surface area contributed by atoms with Gasteiger partial charge in [0, 0.05) is 19.8 Å². The van der Waals surface area contributed by atoms with Gasteiger partial charge < -0.3 is 5.11 Å². The molecule has 0 spiro atoms. The molecule has 0 bridgehead atoms. The zero-order chi connectivity index (χ0) is 13.3. The number of aromatic nitrogens is 1. The summed E-state index contributed by atoms with van der Waals surface area (Å²) in [6.07, 6.45) is 2.42. The lowest BCUT2D eigenvalue weighted by atomic mass is 9.82. The molecule has 0 unspecified atom stereocenters. The number of aliphatic hydroxyl groups excluding tert-OH is 1. The molecule has 1 fully saturated rings. The molecular formula is C11H15ClN2O3S. The maximum absolute atomic E-state index is 12.2. The SMILES string of the molecule is CN(CC1CC(O)C1)S(=O)(=O)c1ccnc(Cl)c1. The molecule has 0 saturated heterocycles. The average Bonchev–Trinajstić information content (AvgIpc) is 2.26. The molecule has 0 atom stereocenters. The van der Waals surface area contributed by atoms with Crippen molar-refractivity contribution in [3.63, 3.8) is 0 Å². The number of halogens is 1. The summed E-state index contributed by atoms with van der Waals surface area (Å²) in [6, 6.07) is 2.76. The molecule has 0 aliphatic heterocycles. The van der Waals surface area contributed by atoms with E-state index >= 15 is 0 Å². The lowest BCUT2D eigenvalue weighted by Gasteiger charge is -2.34. The van der Waals surface area contributed by atoms with E-state index in [1.807, 2.05) is 0 Å². The number of aliphatic hydroxyl groups is 1. The van der Waals surface area contributed by atoms with E-state index in [0.29, 0.717) is 19.4 Å². The number of pyridine rings is 1. The fourth-order valence-corrected chi connectivity index (χ4v) is 3.54. The molecule has 5 nitrogen and oxygen atoms in total. The Hall–Kier alpha value is -0.690. The third kappa shape index (κ3) is 2.83. The largest absolute Gasteiger partial charge is 0.393 e. The van der Waals surface area contributed by atoms with Gasteiger partial charge in [0.2, 0.25) is 10.0 Å². The molecule has 18 heavy (non-hydrogen) atoms. The monoisotopic (exact) mass is 290 g/mol. The van der Waals surface area contributed by atoms with Gasteiger partial charge in [-0.1, -0.05) is 11.6 Å². The zero-order valence-electron chi connectivity index (χ0n) is 9.95. The average molecular weight is 291 g/mol. The van der Waals surface area contributed by atoms with Crippen molar-refractivity contribution in [2.24, 2.45) is 5.92 Å². The Bertz CT molecular complexity index is 529. The molecular weight excluding hydrogens is 276 g/mol. The normalized spacial score (nSPS) is 24.0. The Morgan fingerprint density at radius 3 is 2.78 bits per heavy atom. The first-order chi connectivity index (χ1) is 8.39. The second-order valence-electron chi connectivity index (χ2n) is 4.59. The van der Waals surface area contributed by atoms with Crippen molar-refractivity contribution >= 4 is 21.6 Å². The zero-order valence-corrected chi connectivity index (χ0v) is 11.5. The first kappa shape index (κ1) is 13.7. The number of hydrogen-bond acceptors (Lipinski definition) is 4. The summed E-state index contributed by atoms with van der Waals surface area (Å²) in [5.74, 6) is 0.233. The van der Waals surface area contributed by atoms with Crippen molar-refractivity contribution in [3.05, 3.63) is 23.5 Å². The highest BCUT2D eigenvalue weighted by Gasteiger charge is 2.31. The first-order valence-electron chi connectivity index (χ1n) is 5.65. The van der Waals surface area contributed by atoms with Gasteiger partial charge in [-0.05, 0) is 30.9 Å². The first-order valence-corrected chi connectivity index (χ1v) is 7.47. The Morgan fingerprint density at radius 1 is 1.56 bits per heavy atom. The van der Waals surface area contributed by atoms with Crippen LogP contribution in [0.25, 0.3) is 0 Å². The highest BCUT2D eigenvalue weighted by molar-refractivity contribution is 7.89. The summed E-state index contributed by atoms with van der Waals surface area (Å²) in [7, 11) is -1.99. The van der Waals surface area contributed by atoms with Crippen LogP contribution in [0, 0.1) is 5.92 Å². The van der Waals surface area contributed by atoms with Crippen LogP contribution in [-0.2, 0) is 10.0 Å². The summed E-state index contributed by atoms with van der Waals surface area (Å²) in [5, 5.41) is 9.35. The molecule has 1 aliphatic rings. The number of nitrogens with zero attached hydrogens (tertiary/aromatic N) is 2. The smallest absolute Gasteiger partial charge is 0.242 e. The van der Waals surface area contributed by atoms with Crippen LogP contribution in [0.1, 0.15) is 12.8 Å². The van der Waals surface area contributed by atoms with Crippen LogP contribution >= 0.6 is 11.6 Å². The quantitative estimate of drug-likeness (QED) is 0.844. The van der Waals surface area contributed by atoms with E-state index in [1.165, 1.54) is 29.7 Å². The second-order valence-corrected chi connectivity index (χ2v) is 7.02. The van der Waals surface area contributed by atoms with Gasteiger partial charge in [0.25, 0.3) is 0 Å². The van der Waals surface area contributed by atoms with E-state index in [-0.39, 0.29) is 22.1 Å². The molecule has 1 aromatic heterocycles. The van der Waals surface area contributed by atoms with E-state index in [0.717, 1.165) is 0 Å². The molecule has 100 valence electrons. The van der Waals surface area contributed by atoms with Crippen LogP contribution in [0.15, 0.2) is 23.2 Å². The van der Waals surface area contributed by atoms with Crippen molar-refractivity contribution < 1.29 is 13.5 Å². The number of rotatable bonds is 4. The van der Waals surface area contributed by atoms with Crippen molar-refractivity contribution in [1.82, 2.24) is 9.29 Å². The number of hydrogen-bond donors (Lipinski definition) is 1. The summed E-state index contributed by atoms with van der Waals surface area (Å²) >= 11 is 5.69. The van der Waals surface area contributed by atoms with E-state index in [1.54, 1.807) is 0 Å². The molecule has 0 aromatic carbocycles. The van der Waals surface area contributed by atoms with Gasteiger partial charge >= 0.3 is 0 Å². The van der Waals surface area contributed by atoms with Crippen LogP contribution in [-0.4, -0.2) is 42.5 Å². The van der Waals surface area contributed by atoms with Crippen LogP contribution in [0.5, 0.6) is 0 Å². The van der Waals surface area contributed by atoms with Gasteiger partial charge in [0.15, 0.2) is 0 Å². The van der Waals surface area contributed by atoms with Gasteiger partial charge in [0.05, 0.1) is 11.0 Å². The molecule has 7 heteroatoms. The Balaban J connectivity index is 2.10. The minimum Gasteiger partial charge on any atom is -0.393 e. The van der Waals surface area contributed by atoms with Crippen molar-refractivity contribution in [2.75, 3.05) is 13.6 Å². The minimum atomic E-state index is -3.52. The van der Waals surface area contributed by atoms with E-state index in [4.69, 9.17) is 11.6 Å². The predicted molar refractivity (Wildman–Crippen MR) is 67.8 cm³/mol. The lowest BCUT2D eigenvalue weighted by Crippen LogP contribution is -2.39. The van der Waals surface area contributed by atoms with Gasteiger partial charge in [-0.25, -0.2) is 17.7 Å². The minimum absolute atomic E-state index is 0.143. The summed E-state index contributed by atoms with van der Waals surface area (Å²) in [4.78, 5) is 3.90. The Kier molecular flexibility index (Phi) is 3.91. The highest BCUT2D eigenvalue weighted by atomic mass is 35.5. The maximum Gasteiger partial charge on any atom is 0.242 e. The summed E-state index contributed by atoms with van der Waals surface area (Å²) < 4.78 is 25.7. The van der Waals surface area contributed by atoms with Crippen LogP contribution < -0.4 is 0 Å². The fourth-order valence-electron chi connectivity index (χ4n) is 2.04. The molecule has 0 radical (unpaired) electrons. The molecule has 1 N–H and O–H groups in total. The highest BCUT2D eigenvalue weighted by Crippen LogP contribution is 2.29. The third-order valence-electron chi connectivity index (χ3n) is 3.13. The molecule has 1 heterocycles. The molecule has 1 aromatic rings. The van der Waals surface area contributed by atoms with E-state index < -0.39 is 10.0 Å². The third-order valence-corrected chi connectivity index (χ3v) is 5.16. The molecule has 0 amide bonds. The van der Waals surface area contributed by atoms with Crippen LogP contribution in [0.3, 0.4) is 0 Å².